The highest BCUT2D eigenvalue weighted by Crippen LogP contribution is 2.28. The number of benzene rings is 1. The van der Waals surface area contributed by atoms with Gasteiger partial charge in [0.25, 0.3) is 0 Å². The van der Waals surface area contributed by atoms with E-state index >= 15 is 0 Å². The van der Waals surface area contributed by atoms with Gasteiger partial charge in [0.15, 0.2) is 0 Å². The zero-order chi connectivity index (χ0) is 12.3. The Morgan fingerprint density at radius 3 is 2.53 bits per heavy atom. The lowest BCUT2D eigenvalue weighted by Gasteiger charge is -1.97. The molecular weight excluding hydrogens is 232 g/mol. The summed E-state index contributed by atoms with van der Waals surface area (Å²) in [5.74, 6) is -0.740. The largest absolute Gasteiger partial charge is 0.481 e. The van der Waals surface area contributed by atoms with Gasteiger partial charge in [-0.2, -0.15) is 0 Å². The number of hydrogen-bond donors (Lipinski definition) is 1. The summed E-state index contributed by atoms with van der Waals surface area (Å²) in [4.78, 5) is 12.8. The first-order chi connectivity index (χ1) is 8.15. The van der Waals surface area contributed by atoms with Crippen LogP contribution in [0.2, 0.25) is 0 Å². The number of aliphatic carboxylic acids is 1. The highest BCUT2D eigenvalue weighted by atomic mass is 32.1. The molecule has 0 aliphatic rings. The minimum absolute atomic E-state index is 0.202. The van der Waals surface area contributed by atoms with Crippen LogP contribution in [0.5, 0.6) is 0 Å². The Morgan fingerprint density at radius 2 is 1.88 bits per heavy atom. The molecule has 2 aromatic rings. The molecule has 1 aromatic heterocycles. The van der Waals surface area contributed by atoms with Crippen LogP contribution in [-0.4, -0.2) is 11.1 Å². The molecule has 0 aliphatic heterocycles. The summed E-state index contributed by atoms with van der Waals surface area (Å²) in [6.45, 7) is 2.07. The fraction of sp³-hybridized carbons (Fsp3) is 0.214. The molecule has 0 atom stereocenters. The van der Waals surface area contributed by atoms with Crippen molar-refractivity contribution in [2.24, 2.45) is 0 Å². The maximum Gasteiger partial charge on any atom is 0.303 e. The molecule has 0 aliphatic carbocycles. The Labute approximate surface area is 105 Å². The molecule has 0 fully saturated rings. The van der Waals surface area contributed by atoms with Crippen LogP contribution in [0.4, 0.5) is 0 Å². The second kappa shape index (κ2) is 5.15. The molecule has 88 valence electrons. The number of rotatable bonds is 4. The quantitative estimate of drug-likeness (QED) is 0.892. The van der Waals surface area contributed by atoms with E-state index in [9.17, 15) is 4.79 Å². The zero-order valence-corrected chi connectivity index (χ0v) is 10.5. The van der Waals surface area contributed by atoms with E-state index in [1.54, 1.807) is 11.3 Å². The van der Waals surface area contributed by atoms with Crippen molar-refractivity contribution in [2.45, 2.75) is 19.8 Å². The van der Waals surface area contributed by atoms with Gasteiger partial charge in [-0.1, -0.05) is 29.8 Å². The lowest BCUT2D eigenvalue weighted by atomic mass is 10.1. The van der Waals surface area contributed by atoms with Gasteiger partial charge in [-0.25, -0.2) is 0 Å². The third kappa shape index (κ3) is 3.17. The molecular formula is C14H14O2S. The summed E-state index contributed by atoms with van der Waals surface area (Å²) in [6.07, 6.45) is 0.819. The van der Waals surface area contributed by atoms with Gasteiger partial charge >= 0.3 is 5.97 Å². The Morgan fingerprint density at radius 1 is 1.18 bits per heavy atom. The first-order valence-corrected chi connectivity index (χ1v) is 6.34. The molecule has 17 heavy (non-hydrogen) atoms. The lowest BCUT2D eigenvalue weighted by molar-refractivity contribution is -0.136. The van der Waals surface area contributed by atoms with Crippen molar-refractivity contribution in [3.05, 3.63) is 46.8 Å². The van der Waals surface area contributed by atoms with Gasteiger partial charge in [0, 0.05) is 9.75 Å². The Kier molecular flexibility index (Phi) is 3.59. The van der Waals surface area contributed by atoms with Crippen LogP contribution in [0, 0.1) is 6.92 Å². The molecule has 3 heteroatoms. The highest BCUT2D eigenvalue weighted by Gasteiger charge is 2.04. The van der Waals surface area contributed by atoms with E-state index in [0.29, 0.717) is 6.42 Å². The smallest absolute Gasteiger partial charge is 0.303 e. The van der Waals surface area contributed by atoms with Crippen LogP contribution < -0.4 is 0 Å². The summed E-state index contributed by atoms with van der Waals surface area (Å²) in [5.41, 5.74) is 2.44. The Bertz CT molecular complexity index is 511. The number of carboxylic acid groups (broad SMARTS) is 1. The van der Waals surface area contributed by atoms with Crippen molar-refractivity contribution in [3.8, 4) is 10.4 Å². The second-order valence-electron chi connectivity index (χ2n) is 4.03. The number of thiophene rings is 1. The summed E-state index contributed by atoms with van der Waals surface area (Å²) in [7, 11) is 0. The number of carbonyl (C=O) groups is 1. The maximum atomic E-state index is 10.5. The molecule has 0 unspecified atom stereocenters. The average Bonchev–Trinajstić information content (AvgIpc) is 2.76. The standard InChI is InChI=1S/C14H14O2S/c1-10-2-4-11(5-3-10)13-8-6-12(17-13)7-9-14(15)16/h2-6,8H,7,9H2,1H3,(H,15,16). The van der Waals surface area contributed by atoms with E-state index in [1.807, 2.05) is 6.07 Å². The summed E-state index contributed by atoms with van der Waals surface area (Å²) in [6, 6.07) is 12.5. The molecule has 2 rings (SSSR count). The van der Waals surface area contributed by atoms with Gasteiger partial charge in [0.2, 0.25) is 0 Å². The summed E-state index contributed by atoms with van der Waals surface area (Å²) >= 11 is 1.67. The summed E-state index contributed by atoms with van der Waals surface area (Å²) in [5, 5.41) is 8.63. The SMILES string of the molecule is Cc1ccc(-c2ccc(CCC(=O)O)s2)cc1. The molecule has 0 radical (unpaired) electrons. The number of carboxylic acids is 1. The second-order valence-corrected chi connectivity index (χ2v) is 5.19. The van der Waals surface area contributed by atoms with Crippen LogP contribution in [0.15, 0.2) is 36.4 Å². The zero-order valence-electron chi connectivity index (χ0n) is 9.64. The fourth-order valence-corrected chi connectivity index (χ4v) is 2.63. The van der Waals surface area contributed by atoms with Crippen molar-refractivity contribution in [1.82, 2.24) is 0 Å². The van der Waals surface area contributed by atoms with Crippen molar-refractivity contribution in [2.75, 3.05) is 0 Å². The van der Waals surface area contributed by atoms with Crippen LogP contribution in [-0.2, 0) is 11.2 Å². The third-order valence-corrected chi connectivity index (χ3v) is 3.78. The topological polar surface area (TPSA) is 37.3 Å². The summed E-state index contributed by atoms with van der Waals surface area (Å²) < 4.78 is 0. The van der Waals surface area contributed by atoms with E-state index in [4.69, 9.17) is 5.11 Å². The molecule has 0 spiro atoms. The molecule has 2 nitrogen and oxygen atoms in total. The molecule has 0 saturated carbocycles. The molecule has 0 bridgehead atoms. The number of aryl methyl sites for hydroxylation is 2. The van der Waals surface area contributed by atoms with Crippen molar-refractivity contribution in [3.63, 3.8) is 0 Å². The predicted octanol–water partition coefficient (Wildman–Crippen LogP) is 3.74. The van der Waals surface area contributed by atoms with Crippen molar-refractivity contribution < 1.29 is 9.90 Å². The number of hydrogen-bond acceptors (Lipinski definition) is 2. The van der Waals surface area contributed by atoms with Crippen LogP contribution >= 0.6 is 11.3 Å². The lowest BCUT2D eigenvalue weighted by Crippen LogP contribution is -1.95. The molecule has 1 N–H and O–H groups in total. The van der Waals surface area contributed by atoms with Gasteiger partial charge in [0.1, 0.15) is 0 Å². The third-order valence-electron chi connectivity index (χ3n) is 2.58. The minimum Gasteiger partial charge on any atom is -0.481 e. The van der Waals surface area contributed by atoms with Crippen LogP contribution in [0.3, 0.4) is 0 Å². The van der Waals surface area contributed by atoms with Gasteiger partial charge in [-0.3, -0.25) is 4.79 Å². The Hall–Kier alpha value is -1.61. The van der Waals surface area contributed by atoms with Crippen LogP contribution in [0.1, 0.15) is 16.9 Å². The van der Waals surface area contributed by atoms with E-state index in [1.165, 1.54) is 16.0 Å². The maximum absolute atomic E-state index is 10.5. The highest BCUT2D eigenvalue weighted by molar-refractivity contribution is 7.15. The van der Waals surface area contributed by atoms with Gasteiger partial charge < -0.3 is 5.11 Å². The van der Waals surface area contributed by atoms with Gasteiger partial charge in [0.05, 0.1) is 6.42 Å². The average molecular weight is 246 g/mol. The van der Waals surface area contributed by atoms with Crippen molar-refractivity contribution >= 4 is 17.3 Å². The monoisotopic (exact) mass is 246 g/mol. The predicted molar refractivity (Wildman–Crippen MR) is 70.4 cm³/mol. The van der Waals surface area contributed by atoms with Gasteiger partial charge in [-0.15, -0.1) is 11.3 Å². The molecule has 0 amide bonds. The minimum atomic E-state index is -0.740. The molecule has 1 aromatic carbocycles. The molecule has 0 saturated heterocycles. The van der Waals surface area contributed by atoms with E-state index in [-0.39, 0.29) is 6.42 Å². The van der Waals surface area contributed by atoms with E-state index in [0.717, 1.165) is 4.88 Å². The van der Waals surface area contributed by atoms with Crippen LogP contribution in [0.25, 0.3) is 10.4 Å². The van der Waals surface area contributed by atoms with Gasteiger partial charge in [-0.05, 0) is 31.0 Å². The normalized spacial score (nSPS) is 10.4. The van der Waals surface area contributed by atoms with E-state index in [2.05, 4.69) is 37.3 Å². The Balaban J connectivity index is 2.12. The fourth-order valence-electron chi connectivity index (χ4n) is 1.62. The first kappa shape index (κ1) is 11.9. The van der Waals surface area contributed by atoms with E-state index < -0.39 is 5.97 Å². The first-order valence-electron chi connectivity index (χ1n) is 5.53. The molecule has 1 heterocycles. The van der Waals surface area contributed by atoms with Crippen molar-refractivity contribution in [1.29, 1.82) is 0 Å².